The molecule has 1 aromatic rings. The standard InChI is InChI=1S/C12H16N4O4/c17-10(3-4-12(19)20)15-9-5-13-16(6-9)7-11(18)14-8-1-2-8/h5-6,8H,1-4,7H2,(H,14,18)(H,15,17)(H,19,20). The van der Waals surface area contributed by atoms with E-state index in [9.17, 15) is 14.4 Å². The fraction of sp³-hybridized carbons (Fsp3) is 0.500. The fourth-order valence-electron chi connectivity index (χ4n) is 1.61. The van der Waals surface area contributed by atoms with Gasteiger partial charge in [-0.25, -0.2) is 0 Å². The van der Waals surface area contributed by atoms with Crippen LogP contribution in [-0.4, -0.2) is 38.7 Å². The van der Waals surface area contributed by atoms with E-state index in [1.807, 2.05) is 0 Å². The van der Waals surface area contributed by atoms with Crippen LogP contribution in [0.1, 0.15) is 25.7 Å². The molecule has 0 bridgehead atoms. The number of aliphatic carboxylic acids is 1. The number of carboxylic acid groups (broad SMARTS) is 1. The number of hydrogen-bond acceptors (Lipinski definition) is 4. The van der Waals surface area contributed by atoms with Crippen LogP contribution in [0.4, 0.5) is 5.69 Å². The van der Waals surface area contributed by atoms with E-state index in [0.717, 1.165) is 12.8 Å². The molecule has 0 atom stereocenters. The number of carbonyl (C=O) groups is 3. The number of nitrogens with zero attached hydrogens (tertiary/aromatic N) is 2. The van der Waals surface area contributed by atoms with Gasteiger partial charge in [0.2, 0.25) is 11.8 Å². The van der Waals surface area contributed by atoms with Crippen molar-refractivity contribution in [3.8, 4) is 0 Å². The van der Waals surface area contributed by atoms with Gasteiger partial charge in [0.25, 0.3) is 0 Å². The number of nitrogens with one attached hydrogen (secondary N) is 2. The minimum absolute atomic E-state index is 0.0946. The number of hydrogen-bond donors (Lipinski definition) is 3. The first-order valence-corrected chi connectivity index (χ1v) is 6.36. The first-order chi connectivity index (χ1) is 9.52. The summed E-state index contributed by atoms with van der Waals surface area (Å²) in [6.07, 6.45) is 4.69. The van der Waals surface area contributed by atoms with E-state index in [0.29, 0.717) is 11.7 Å². The highest BCUT2D eigenvalue weighted by Gasteiger charge is 2.23. The number of carbonyl (C=O) groups excluding carboxylic acids is 2. The third-order valence-electron chi connectivity index (χ3n) is 2.73. The van der Waals surface area contributed by atoms with Crippen molar-refractivity contribution >= 4 is 23.5 Å². The Balaban J connectivity index is 1.77. The molecule has 1 heterocycles. The van der Waals surface area contributed by atoms with Crippen LogP contribution in [0.5, 0.6) is 0 Å². The third kappa shape index (κ3) is 4.71. The summed E-state index contributed by atoms with van der Waals surface area (Å²) in [5.41, 5.74) is 0.444. The summed E-state index contributed by atoms with van der Waals surface area (Å²) in [5, 5.41) is 17.8. The Kier molecular flexibility index (Phi) is 4.34. The van der Waals surface area contributed by atoms with Gasteiger partial charge in [0, 0.05) is 18.7 Å². The normalized spacial score (nSPS) is 13.8. The smallest absolute Gasteiger partial charge is 0.303 e. The van der Waals surface area contributed by atoms with E-state index in [2.05, 4.69) is 15.7 Å². The monoisotopic (exact) mass is 280 g/mol. The van der Waals surface area contributed by atoms with Crippen molar-refractivity contribution in [3.05, 3.63) is 12.4 Å². The van der Waals surface area contributed by atoms with Crippen molar-refractivity contribution in [1.29, 1.82) is 0 Å². The highest BCUT2D eigenvalue weighted by Crippen LogP contribution is 2.18. The van der Waals surface area contributed by atoms with Gasteiger partial charge in [0.1, 0.15) is 6.54 Å². The van der Waals surface area contributed by atoms with Gasteiger partial charge in [-0.05, 0) is 12.8 Å². The van der Waals surface area contributed by atoms with Gasteiger partial charge >= 0.3 is 5.97 Å². The van der Waals surface area contributed by atoms with Crippen LogP contribution in [0.25, 0.3) is 0 Å². The maximum absolute atomic E-state index is 11.5. The SMILES string of the molecule is O=C(O)CCC(=O)Nc1cnn(CC(=O)NC2CC2)c1. The average Bonchev–Trinajstić information content (AvgIpc) is 3.07. The highest BCUT2D eigenvalue weighted by molar-refractivity contribution is 5.92. The quantitative estimate of drug-likeness (QED) is 0.649. The summed E-state index contributed by atoms with van der Waals surface area (Å²) in [6.45, 7) is 0.0987. The minimum atomic E-state index is -1.02. The second-order valence-electron chi connectivity index (χ2n) is 4.71. The molecule has 108 valence electrons. The molecule has 8 heteroatoms. The number of aromatic nitrogens is 2. The maximum Gasteiger partial charge on any atom is 0.303 e. The molecule has 0 saturated heterocycles. The molecule has 0 unspecified atom stereocenters. The molecule has 1 aliphatic carbocycles. The van der Waals surface area contributed by atoms with E-state index in [-0.39, 0.29) is 25.3 Å². The molecule has 2 amide bonds. The van der Waals surface area contributed by atoms with Crippen molar-refractivity contribution in [2.75, 3.05) is 5.32 Å². The van der Waals surface area contributed by atoms with E-state index in [1.54, 1.807) is 0 Å². The zero-order chi connectivity index (χ0) is 14.5. The summed E-state index contributed by atoms with van der Waals surface area (Å²) in [6, 6.07) is 0.299. The Hall–Kier alpha value is -2.38. The van der Waals surface area contributed by atoms with Crippen molar-refractivity contribution in [2.45, 2.75) is 38.3 Å². The largest absolute Gasteiger partial charge is 0.481 e. The molecule has 2 rings (SSSR count). The van der Waals surface area contributed by atoms with Crippen LogP contribution in [0, 0.1) is 0 Å². The van der Waals surface area contributed by atoms with Gasteiger partial charge in [0.05, 0.1) is 18.3 Å². The zero-order valence-corrected chi connectivity index (χ0v) is 10.8. The van der Waals surface area contributed by atoms with Crippen molar-refractivity contribution < 1.29 is 19.5 Å². The Morgan fingerprint density at radius 2 is 2.05 bits per heavy atom. The number of anilines is 1. The van der Waals surface area contributed by atoms with Gasteiger partial charge in [-0.1, -0.05) is 0 Å². The lowest BCUT2D eigenvalue weighted by atomic mass is 10.3. The van der Waals surface area contributed by atoms with Crippen LogP contribution in [-0.2, 0) is 20.9 Å². The second kappa shape index (κ2) is 6.18. The van der Waals surface area contributed by atoms with Gasteiger partial charge < -0.3 is 15.7 Å². The van der Waals surface area contributed by atoms with Gasteiger partial charge in [-0.2, -0.15) is 5.10 Å². The average molecular weight is 280 g/mol. The Labute approximate surface area is 115 Å². The number of amides is 2. The summed E-state index contributed by atoms with van der Waals surface area (Å²) in [7, 11) is 0. The lowest BCUT2D eigenvalue weighted by Crippen LogP contribution is -2.29. The Morgan fingerprint density at radius 1 is 1.30 bits per heavy atom. The van der Waals surface area contributed by atoms with Gasteiger partial charge in [-0.15, -0.1) is 0 Å². The molecule has 1 aromatic heterocycles. The lowest BCUT2D eigenvalue weighted by Gasteiger charge is -2.03. The molecule has 1 aliphatic rings. The molecule has 0 spiro atoms. The Bertz CT molecular complexity index is 521. The molecule has 1 saturated carbocycles. The van der Waals surface area contributed by atoms with Gasteiger partial charge in [-0.3, -0.25) is 19.1 Å². The number of rotatable bonds is 7. The third-order valence-corrected chi connectivity index (χ3v) is 2.73. The van der Waals surface area contributed by atoms with E-state index in [4.69, 9.17) is 5.11 Å². The first kappa shape index (κ1) is 14.0. The summed E-state index contributed by atoms with van der Waals surface area (Å²) >= 11 is 0. The molecule has 0 aromatic carbocycles. The molecule has 1 fully saturated rings. The van der Waals surface area contributed by atoms with Crippen LogP contribution in [0.2, 0.25) is 0 Å². The zero-order valence-electron chi connectivity index (χ0n) is 10.8. The predicted molar refractivity (Wildman–Crippen MR) is 68.9 cm³/mol. The topological polar surface area (TPSA) is 113 Å². The van der Waals surface area contributed by atoms with Crippen molar-refractivity contribution in [2.24, 2.45) is 0 Å². The van der Waals surface area contributed by atoms with E-state index in [1.165, 1.54) is 17.1 Å². The molecular formula is C12H16N4O4. The van der Waals surface area contributed by atoms with Crippen LogP contribution >= 0.6 is 0 Å². The molecule has 0 aliphatic heterocycles. The molecule has 0 radical (unpaired) electrons. The van der Waals surface area contributed by atoms with E-state index < -0.39 is 11.9 Å². The predicted octanol–water partition coefficient (Wildman–Crippen LogP) is -0.0350. The summed E-state index contributed by atoms with van der Waals surface area (Å²) in [5.74, 6) is -1.53. The lowest BCUT2D eigenvalue weighted by molar-refractivity contribution is -0.138. The highest BCUT2D eigenvalue weighted by atomic mass is 16.4. The summed E-state index contributed by atoms with van der Waals surface area (Å²) < 4.78 is 1.42. The van der Waals surface area contributed by atoms with Crippen molar-refractivity contribution in [3.63, 3.8) is 0 Å². The first-order valence-electron chi connectivity index (χ1n) is 6.36. The van der Waals surface area contributed by atoms with Crippen molar-refractivity contribution in [1.82, 2.24) is 15.1 Å². The molecular weight excluding hydrogens is 264 g/mol. The molecule has 8 nitrogen and oxygen atoms in total. The van der Waals surface area contributed by atoms with Gasteiger partial charge in [0.15, 0.2) is 0 Å². The Morgan fingerprint density at radius 3 is 2.70 bits per heavy atom. The van der Waals surface area contributed by atoms with Crippen LogP contribution in [0.3, 0.4) is 0 Å². The molecule has 3 N–H and O–H groups in total. The second-order valence-corrected chi connectivity index (χ2v) is 4.71. The minimum Gasteiger partial charge on any atom is -0.481 e. The summed E-state index contributed by atoms with van der Waals surface area (Å²) in [4.78, 5) is 33.3. The number of carboxylic acids is 1. The van der Waals surface area contributed by atoms with Crippen LogP contribution < -0.4 is 10.6 Å². The maximum atomic E-state index is 11.5. The molecule has 20 heavy (non-hydrogen) atoms. The fourth-order valence-corrected chi connectivity index (χ4v) is 1.61. The van der Waals surface area contributed by atoms with E-state index >= 15 is 0 Å². The van der Waals surface area contributed by atoms with Crippen LogP contribution in [0.15, 0.2) is 12.4 Å².